The lowest BCUT2D eigenvalue weighted by Gasteiger charge is -2.18. The molecule has 0 aliphatic heterocycles. The molecule has 0 fully saturated rings. The molecule has 0 unspecified atom stereocenters. The van der Waals surface area contributed by atoms with Crippen molar-refractivity contribution in [3.8, 4) is 5.75 Å². The molecule has 0 spiro atoms. The van der Waals surface area contributed by atoms with Crippen LogP contribution in [0.25, 0.3) is 0 Å². The van der Waals surface area contributed by atoms with Gasteiger partial charge in [0.15, 0.2) is 5.78 Å². The van der Waals surface area contributed by atoms with Crippen LogP contribution in [0.1, 0.15) is 57.8 Å². The molecule has 1 aromatic rings. The van der Waals surface area contributed by atoms with Crippen LogP contribution in [-0.4, -0.2) is 22.6 Å². The van der Waals surface area contributed by atoms with E-state index in [0.717, 1.165) is 12.8 Å². The van der Waals surface area contributed by atoms with Gasteiger partial charge in [-0.05, 0) is 51.8 Å². The Morgan fingerprint density at radius 3 is 2.30 bits per heavy atom. The normalized spacial score (nSPS) is 11.4. The van der Waals surface area contributed by atoms with Crippen molar-refractivity contribution in [3.05, 3.63) is 23.8 Å². The van der Waals surface area contributed by atoms with Crippen LogP contribution >= 0.6 is 15.9 Å². The average Bonchev–Trinajstić information content (AvgIpc) is 2.48. The molecule has 0 bridgehead atoms. The zero-order valence-corrected chi connectivity index (χ0v) is 16.1. The minimum atomic E-state index is -0.642. The molecule has 1 rings (SSSR count). The Hall–Kier alpha value is -1.36. The fraction of sp³-hybridized carbons (Fsp3) is 0.556. The van der Waals surface area contributed by atoms with Gasteiger partial charge >= 0.3 is 0 Å². The van der Waals surface area contributed by atoms with Crippen molar-refractivity contribution in [1.82, 2.24) is 0 Å². The maximum atomic E-state index is 12.4. The lowest BCUT2D eigenvalue weighted by atomic mass is 9.99. The number of benzene rings is 1. The average molecular weight is 384 g/mol. The SMILES string of the molecule is CCOc1cc(C(=O)C(C)(C)Br)ccc1NC(=O)C(CC)CC. The van der Waals surface area contributed by atoms with Gasteiger partial charge in [0.25, 0.3) is 0 Å². The molecular formula is C18H26BrNO3. The third kappa shape index (κ3) is 5.34. The quantitative estimate of drug-likeness (QED) is 0.517. The molecule has 0 aliphatic rings. The predicted molar refractivity (Wildman–Crippen MR) is 97.6 cm³/mol. The van der Waals surface area contributed by atoms with Gasteiger partial charge in [0, 0.05) is 11.5 Å². The predicted octanol–water partition coefficient (Wildman–Crippen LogP) is 4.82. The number of hydrogen-bond acceptors (Lipinski definition) is 3. The number of hydrogen-bond donors (Lipinski definition) is 1. The zero-order chi connectivity index (χ0) is 17.6. The molecule has 0 heterocycles. The van der Waals surface area contributed by atoms with Crippen LogP contribution in [0.3, 0.4) is 0 Å². The molecule has 0 atom stereocenters. The van der Waals surface area contributed by atoms with E-state index in [2.05, 4.69) is 21.2 Å². The van der Waals surface area contributed by atoms with Crippen LogP contribution < -0.4 is 10.1 Å². The van der Waals surface area contributed by atoms with E-state index < -0.39 is 4.32 Å². The second-order valence-electron chi connectivity index (χ2n) is 5.95. The summed E-state index contributed by atoms with van der Waals surface area (Å²) >= 11 is 3.38. The minimum Gasteiger partial charge on any atom is -0.492 e. The summed E-state index contributed by atoms with van der Waals surface area (Å²) in [5.74, 6) is 0.453. The van der Waals surface area contributed by atoms with Crippen molar-refractivity contribution in [2.45, 2.75) is 51.8 Å². The number of rotatable bonds is 8. The Balaban J connectivity index is 3.10. The van der Waals surface area contributed by atoms with Gasteiger partial charge in [-0.3, -0.25) is 9.59 Å². The van der Waals surface area contributed by atoms with Crippen LogP contribution in [0.2, 0.25) is 0 Å². The molecule has 5 heteroatoms. The summed E-state index contributed by atoms with van der Waals surface area (Å²) in [5, 5.41) is 2.92. The maximum absolute atomic E-state index is 12.4. The Labute approximate surface area is 147 Å². The number of nitrogens with one attached hydrogen (secondary N) is 1. The Bertz CT molecular complexity index is 560. The molecule has 0 aromatic heterocycles. The fourth-order valence-corrected chi connectivity index (χ4v) is 2.51. The number of carbonyl (C=O) groups excluding carboxylic acids is 2. The standard InChI is InChI=1S/C18H26BrNO3/c1-6-12(7-2)17(22)20-14-10-9-13(11-15(14)23-8-3)16(21)18(4,5)19/h9-12H,6-8H2,1-5H3,(H,20,22). The van der Waals surface area contributed by atoms with Crippen LogP contribution in [0, 0.1) is 5.92 Å². The molecule has 128 valence electrons. The van der Waals surface area contributed by atoms with E-state index in [0.29, 0.717) is 23.6 Å². The summed E-state index contributed by atoms with van der Waals surface area (Å²) < 4.78 is 4.96. The number of amides is 1. The molecule has 0 saturated carbocycles. The van der Waals surface area contributed by atoms with Crippen molar-refractivity contribution in [1.29, 1.82) is 0 Å². The first kappa shape index (κ1) is 19.7. The summed E-state index contributed by atoms with van der Waals surface area (Å²) in [7, 11) is 0. The first-order valence-electron chi connectivity index (χ1n) is 8.05. The Morgan fingerprint density at radius 1 is 1.22 bits per heavy atom. The third-order valence-electron chi connectivity index (χ3n) is 3.70. The van der Waals surface area contributed by atoms with Gasteiger partial charge in [0.05, 0.1) is 16.6 Å². The zero-order valence-electron chi connectivity index (χ0n) is 14.5. The van der Waals surface area contributed by atoms with E-state index >= 15 is 0 Å². The summed E-state index contributed by atoms with van der Waals surface area (Å²) in [6.07, 6.45) is 1.58. The third-order valence-corrected chi connectivity index (χ3v) is 4.06. The van der Waals surface area contributed by atoms with E-state index in [4.69, 9.17) is 4.74 Å². The van der Waals surface area contributed by atoms with Gasteiger partial charge in [-0.2, -0.15) is 0 Å². The fourth-order valence-electron chi connectivity index (χ4n) is 2.28. The van der Waals surface area contributed by atoms with Gasteiger partial charge in [-0.15, -0.1) is 0 Å². The van der Waals surface area contributed by atoms with Crippen LogP contribution in [-0.2, 0) is 4.79 Å². The highest BCUT2D eigenvalue weighted by Crippen LogP contribution is 2.30. The smallest absolute Gasteiger partial charge is 0.227 e. The number of alkyl halides is 1. The van der Waals surface area contributed by atoms with E-state index in [9.17, 15) is 9.59 Å². The van der Waals surface area contributed by atoms with Crippen LogP contribution in [0.5, 0.6) is 5.75 Å². The van der Waals surface area contributed by atoms with Crippen molar-refractivity contribution in [3.63, 3.8) is 0 Å². The Kier molecular flexibility index (Phi) is 7.26. The lowest BCUT2D eigenvalue weighted by Crippen LogP contribution is -2.24. The summed E-state index contributed by atoms with van der Waals surface area (Å²) in [5.41, 5.74) is 1.16. The monoisotopic (exact) mass is 383 g/mol. The largest absolute Gasteiger partial charge is 0.492 e. The molecule has 1 aromatic carbocycles. The van der Waals surface area contributed by atoms with E-state index in [1.807, 2.05) is 20.8 Å². The number of ether oxygens (including phenoxy) is 1. The van der Waals surface area contributed by atoms with Crippen molar-refractivity contribution in [2.24, 2.45) is 5.92 Å². The first-order valence-corrected chi connectivity index (χ1v) is 8.85. The van der Waals surface area contributed by atoms with Crippen molar-refractivity contribution >= 4 is 33.3 Å². The van der Waals surface area contributed by atoms with E-state index in [1.165, 1.54) is 0 Å². The van der Waals surface area contributed by atoms with Gasteiger partial charge in [-0.25, -0.2) is 0 Å². The number of halogens is 1. The number of ketones is 1. The highest BCUT2D eigenvalue weighted by Gasteiger charge is 2.26. The highest BCUT2D eigenvalue weighted by molar-refractivity contribution is 9.10. The first-order chi connectivity index (χ1) is 10.7. The number of carbonyl (C=O) groups is 2. The second kappa shape index (κ2) is 8.48. The number of anilines is 1. The molecule has 4 nitrogen and oxygen atoms in total. The number of Topliss-reactive ketones (excluding diaryl/α,β-unsaturated/α-hetero) is 1. The summed E-state index contributed by atoms with van der Waals surface area (Å²) in [4.78, 5) is 24.6. The van der Waals surface area contributed by atoms with E-state index in [1.54, 1.807) is 32.0 Å². The van der Waals surface area contributed by atoms with Gasteiger partial charge in [-0.1, -0.05) is 29.8 Å². The maximum Gasteiger partial charge on any atom is 0.227 e. The van der Waals surface area contributed by atoms with E-state index in [-0.39, 0.29) is 17.6 Å². The van der Waals surface area contributed by atoms with Gasteiger partial charge in [0.2, 0.25) is 5.91 Å². The molecule has 0 aliphatic carbocycles. The molecule has 1 amide bonds. The highest BCUT2D eigenvalue weighted by atomic mass is 79.9. The molecule has 0 saturated heterocycles. The van der Waals surface area contributed by atoms with Gasteiger partial charge < -0.3 is 10.1 Å². The molecule has 23 heavy (non-hydrogen) atoms. The van der Waals surface area contributed by atoms with Crippen LogP contribution in [0.4, 0.5) is 5.69 Å². The van der Waals surface area contributed by atoms with Gasteiger partial charge in [0.1, 0.15) is 5.75 Å². The topological polar surface area (TPSA) is 55.4 Å². The molecular weight excluding hydrogens is 358 g/mol. The summed E-state index contributed by atoms with van der Waals surface area (Å²) in [6.45, 7) is 9.93. The minimum absolute atomic E-state index is 0.0177. The molecule has 0 radical (unpaired) electrons. The lowest BCUT2D eigenvalue weighted by molar-refractivity contribution is -0.120. The summed E-state index contributed by atoms with van der Waals surface area (Å²) in [6, 6.07) is 5.14. The van der Waals surface area contributed by atoms with Crippen molar-refractivity contribution < 1.29 is 14.3 Å². The molecule has 1 N–H and O–H groups in total. The second-order valence-corrected chi connectivity index (χ2v) is 7.93. The van der Waals surface area contributed by atoms with Crippen molar-refractivity contribution in [2.75, 3.05) is 11.9 Å². The Morgan fingerprint density at radius 2 is 1.83 bits per heavy atom. The van der Waals surface area contributed by atoms with Crippen LogP contribution in [0.15, 0.2) is 18.2 Å².